The zero-order valence-electron chi connectivity index (χ0n) is 13.4. The van der Waals surface area contributed by atoms with Crippen LogP contribution in [0, 0.1) is 6.92 Å². The van der Waals surface area contributed by atoms with E-state index in [2.05, 4.69) is 26.1 Å². The molecule has 1 aliphatic carbocycles. The van der Waals surface area contributed by atoms with Crippen LogP contribution in [0.3, 0.4) is 0 Å². The van der Waals surface area contributed by atoms with E-state index in [1.54, 1.807) is 0 Å². The summed E-state index contributed by atoms with van der Waals surface area (Å²) in [6, 6.07) is 0. The highest BCUT2D eigenvalue weighted by Gasteiger charge is 2.40. The number of nitrogens with zero attached hydrogens (tertiary/aromatic N) is 2. The predicted octanol–water partition coefficient (Wildman–Crippen LogP) is 3.76. The summed E-state index contributed by atoms with van der Waals surface area (Å²) in [6.07, 6.45) is 4.46. The van der Waals surface area contributed by atoms with Gasteiger partial charge in [-0.05, 0) is 45.4 Å². The number of aryl methyl sites for hydroxylation is 1. The number of ether oxygens (including phenoxy) is 1. The maximum atomic E-state index is 6.08. The van der Waals surface area contributed by atoms with E-state index in [0.717, 1.165) is 30.2 Å². The van der Waals surface area contributed by atoms with E-state index in [0.29, 0.717) is 12.5 Å². The molecule has 0 aromatic carbocycles. The molecule has 0 radical (unpaired) electrons. The largest absolute Gasteiger partial charge is 0.373 e. The van der Waals surface area contributed by atoms with Crippen molar-refractivity contribution >= 4 is 5.82 Å². The van der Waals surface area contributed by atoms with Crippen molar-refractivity contribution < 1.29 is 4.74 Å². The molecule has 1 aromatic heterocycles. The first-order valence-corrected chi connectivity index (χ1v) is 7.74. The van der Waals surface area contributed by atoms with E-state index in [9.17, 15) is 0 Å². The molecule has 2 rings (SSSR count). The van der Waals surface area contributed by atoms with E-state index in [1.165, 1.54) is 18.4 Å². The highest BCUT2D eigenvalue weighted by atomic mass is 16.5. The average Bonchev–Trinajstić information content (AvgIpc) is 2.87. The molecule has 0 saturated heterocycles. The van der Waals surface area contributed by atoms with Gasteiger partial charge in [-0.15, -0.1) is 0 Å². The first-order valence-electron chi connectivity index (χ1n) is 7.74. The lowest BCUT2D eigenvalue weighted by molar-refractivity contribution is -0.0457. The van der Waals surface area contributed by atoms with Gasteiger partial charge in [-0.1, -0.05) is 13.8 Å². The Hall–Kier alpha value is -1.16. The van der Waals surface area contributed by atoms with E-state index < -0.39 is 0 Å². The molecule has 1 aromatic rings. The summed E-state index contributed by atoms with van der Waals surface area (Å²) < 4.78 is 6.08. The van der Waals surface area contributed by atoms with Gasteiger partial charge < -0.3 is 10.1 Å². The summed E-state index contributed by atoms with van der Waals surface area (Å²) in [5.41, 5.74) is 2.02. The van der Waals surface area contributed by atoms with Crippen LogP contribution in [0.15, 0.2) is 0 Å². The number of anilines is 1. The second-order valence-electron chi connectivity index (χ2n) is 5.93. The smallest absolute Gasteiger partial charge is 0.162 e. The molecule has 4 heteroatoms. The molecule has 1 aliphatic rings. The number of aromatic nitrogens is 2. The van der Waals surface area contributed by atoms with Crippen molar-refractivity contribution in [2.75, 3.05) is 19.0 Å². The van der Waals surface area contributed by atoms with Gasteiger partial charge in [-0.2, -0.15) is 0 Å². The topological polar surface area (TPSA) is 47.0 Å². The van der Waals surface area contributed by atoms with E-state index >= 15 is 0 Å². The standard InChI is InChI=1S/C16H27N3O/c1-6-20-16(9-7-8-10-16)15-18-12(4)13(11(2)3)14(17-5)19-15/h11H,6-10H2,1-5H3,(H,17,18,19). The Bertz CT molecular complexity index is 465. The van der Waals surface area contributed by atoms with Crippen molar-refractivity contribution in [3.63, 3.8) is 0 Å². The Labute approximate surface area is 122 Å². The SMILES string of the molecule is CCOC1(c2nc(C)c(C(C)C)c(NC)n2)CCCC1. The normalized spacial score (nSPS) is 17.7. The van der Waals surface area contributed by atoms with Crippen molar-refractivity contribution in [1.82, 2.24) is 9.97 Å². The summed E-state index contributed by atoms with van der Waals surface area (Å²) in [4.78, 5) is 9.60. The molecule has 0 atom stereocenters. The van der Waals surface area contributed by atoms with Crippen LogP contribution >= 0.6 is 0 Å². The lowest BCUT2D eigenvalue weighted by Crippen LogP contribution is -2.30. The molecule has 1 fully saturated rings. The maximum absolute atomic E-state index is 6.08. The summed E-state index contributed by atoms with van der Waals surface area (Å²) in [5, 5.41) is 3.23. The average molecular weight is 277 g/mol. The molecule has 20 heavy (non-hydrogen) atoms. The van der Waals surface area contributed by atoms with Gasteiger partial charge in [0.25, 0.3) is 0 Å². The number of hydrogen-bond donors (Lipinski definition) is 1. The molecule has 1 heterocycles. The number of rotatable bonds is 5. The highest BCUT2D eigenvalue weighted by molar-refractivity contribution is 5.48. The van der Waals surface area contributed by atoms with Gasteiger partial charge in [0.05, 0.1) is 0 Å². The lowest BCUT2D eigenvalue weighted by atomic mass is 9.98. The molecule has 0 unspecified atom stereocenters. The zero-order valence-corrected chi connectivity index (χ0v) is 13.4. The van der Waals surface area contributed by atoms with Gasteiger partial charge in [-0.25, -0.2) is 9.97 Å². The molecule has 1 N–H and O–H groups in total. The molecular formula is C16H27N3O. The fourth-order valence-electron chi connectivity index (χ4n) is 3.32. The van der Waals surface area contributed by atoms with Crippen LogP contribution in [0.1, 0.15) is 69.5 Å². The van der Waals surface area contributed by atoms with Gasteiger partial charge in [0, 0.05) is 24.9 Å². The Balaban J connectivity index is 2.49. The van der Waals surface area contributed by atoms with Crippen LogP contribution in [-0.4, -0.2) is 23.6 Å². The molecule has 0 aliphatic heterocycles. The van der Waals surface area contributed by atoms with Crippen molar-refractivity contribution in [3.05, 3.63) is 17.1 Å². The third-order valence-electron chi connectivity index (χ3n) is 4.19. The molecule has 0 bridgehead atoms. The minimum absolute atomic E-state index is 0.263. The number of nitrogens with one attached hydrogen (secondary N) is 1. The van der Waals surface area contributed by atoms with Gasteiger partial charge >= 0.3 is 0 Å². The summed E-state index contributed by atoms with van der Waals surface area (Å²) in [6.45, 7) is 9.20. The van der Waals surface area contributed by atoms with E-state index in [4.69, 9.17) is 14.7 Å². The van der Waals surface area contributed by atoms with Crippen molar-refractivity contribution in [3.8, 4) is 0 Å². The van der Waals surface area contributed by atoms with Gasteiger partial charge in [0.15, 0.2) is 5.82 Å². The lowest BCUT2D eigenvalue weighted by Gasteiger charge is -2.29. The highest BCUT2D eigenvalue weighted by Crippen LogP contribution is 2.41. The fraction of sp³-hybridized carbons (Fsp3) is 0.750. The first-order chi connectivity index (χ1) is 9.54. The van der Waals surface area contributed by atoms with E-state index in [-0.39, 0.29) is 5.60 Å². The van der Waals surface area contributed by atoms with Crippen molar-refractivity contribution in [1.29, 1.82) is 0 Å². The zero-order chi connectivity index (χ0) is 14.8. The summed E-state index contributed by atoms with van der Waals surface area (Å²) >= 11 is 0. The van der Waals surface area contributed by atoms with Crippen LogP contribution in [0.25, 0.3) is 0 Å². The van der Waals surface area contributed by atoms with Crippen LogP contribution in [0.5, 0.6) is 0 Å². The molecular weight excluding hydrogens is 250 g/mol. The monoisotopic (exact) mass is 277 g/mol. The molecule has 0 amide bonds. The third kappa shape index (κ3) is 2.66. The van der Waals surface area contributed by atoms with Crippen LogP contribution < -0.4 is 5.32 Å². The molecule has 4 nitrogen and oxygen atoms in total. The van der Waals surface area contributed by atoms with Crippen LogP contribution in [-0.2, 0) is 10.3 Å². The third-order valence-corrected chi connectivity index (χ3v) is 4.19. The van der Waals surface area contributed by atoms with Gasteiger partial charge in [0.2, 0.25) is 0 Å². The van der Waals surface area contributed by atoms with Gasteiger partial charge in [-0.3, -0.25) is 0 Å². The Morgan fingerprint density at radius 2 is 1.90 bits per heavy atom. The van der Waals surface area contributed by atoms with Crippen molar-refractivity contribution in [2.24, 2.45) is 0 Å². The Kier molecular flexibility index (Phi) is 4.63. The first kappa shape index (κ1) is 15.2. The summed E-state index contributed by atoms with van der Waals surface area (Å²) in [7, 11) is 1.93. The minimum atomic E-state index is -0.263. The van der Waals surface area contributed by atoms with Crippen LogP contribution in [0.4, 0.5) is 5.82 Å². The Morgan fingerprint density at radius 1 is 1.25 bits per heavy atom. The predicted molar refractivity (Wildman–Crippen MR) is 82.2 cm³/mol. The number of hydrogen-bond acceptors (Lipinski definition) is 4. The second kappa shape index (κ2) is 6.08. The quantitative estimate of drug-likeness (QED) is 0.890. The molecule has 0 spiro atoms. The van der Waals surface area contributed by atoms with Crippen molar-refractivity contribution in [2.45, 2.75) is 64.9 Å². The summed E-state index contributed by atoms with van der Waals surface area (Å²) in [5.74, 6) is 2.23. The second-order valence-corrected chi connectivity index (χ2v) is 5.93. The van der Waals surface area contributed by atoms with Crippen LogP contribution in [0.2, 0.25) is 0 Å². The van der Waals surface area contributed by atoms with E-state index in [1.807, 2.05) is 14.0 Å². The molecule has 112 valence electrons. The molecule has 1 saturated carbocycles. The fourth-order valence-corrected chi connectivity index (χ4v) is 3.32. The van der Waals surface area contributed by atoms with Gasteiger partial charge in [0.1, 0.15) is 11.4 Å². The minimum Gasteiger partial charge on any atom is -0.373 e. The maximum Gasteiger partial charge on any atom is 0.162 e. The Morgan fingerprint density at radius 3 is 2.40 bits per heavy atom.